The molecule has 1 saturated heterocycles. The topological polar surface area (TPSA) is 54.0 Å². The minimum absolute atomic E-state index is 0.0148. The molecule has 1 aliphatic rings. The average Bonchev–Trinajstić information content (AvgIpc) is 2.76. The number of ether oxygens (including phenoxy) is 1. The van der Waals surface area contributed by atoms with Gasteiger partial charge < -0.3 is 18.0 Å². The van der Waals surface area contributed by atoms with Crippen LogP contribution in [0.3, 0.4) is 0 Å². The summed E-state index contributed by atoms with van der Waals surface area (Å²) in [5.74, 6) is 2.34. The number of carbonyl (C=O) groups is 1. The highest BCUT2D eigenvalue weighted by Gasteiger charge is 2.41. The van der Waals surface area contributed by atoms with Crippen molar-refractivity contribution in [1.29, 1.82) is 0 Å². The van der Waals surface area contributed by atoms with Crippen LogP contribution >= 0.6 is 39.5 Å². The van der Waals surface area contributed by atoms with Gasteiger partial charge in [-0.05, 0) is 94.5 Å². The molecule has 1 fully saturated rings. The van der Waals surface area contributed by atoms with Gasteiger partial charge in [0.2, 0.25) is 0 Å². The second kappa shape index (κ2) is 15.0. The van der Waals surface area contributed by atoms with Gasteiger partial charge in [-0.2, -0.15) is 0 Å². The maximum absolute atomic E-state index is 13.5. The molecule has 0 unspecified atom stereocenters. The lowest BCUT2D eigenvalue weighted by Crippen LogP contribution is -2.55. The van der Waals surface area contributed by atoms with E-state index in [1.807, 2.05) is 12.1 Å². The monoisotopic (exact) mass is 666 g/mol. The SMILES string of the molecule is C[Si](C)(C)O[C@@H]([C@H](COCc1ccc(Br)cc1)O[Si](C)(C)C)[C@H](CC(=O)C1SCCCS1)O[Si](C)(C)C. The van der Waals surface area contributed by atoms with Crippen LogP contribution in [-0.2, 0) is 29.4 Å². The number of Topliss-reactive ketones (excluding diaryl/α,β-unsaturated/α-hetero) is 1. The van der Waals surface area contributed by atoms with Crippen LogP contribution in [0.5, 0.6) is 0 Å². The molecule has 0 aliphatic carbocycles. The van der Waals surface area contributed by atoms with Crippen molar-refractivity contribution in [2.45, 2.75) is 101 Å². The van der Waals surface area contributed by atoms with Crippen molar-refractivity contribution in [3.8, 4) is 0 Å². The summed E-state index contributed by atoms with van der Waals surface area (Å²) in [7, 11) is -5.96. The van der Waals surface area contributed by atoms with Crippen LogP contribution in [0.1, 0.15) is 18.4 Å². The summed E-state index contributed by atoms with van der Waals surface area (Å²) in [5, 5.41) is 0. The first-order valence-electron chi connectivity index (χ1n) is 13.1. The van der Waals surface area contributed by atoms with Gasteiger partial charge >= 0.3 is 0 Å². The molecule has 212 valence electrons. The maximum Gasteiger partial charge on any atom is 0.184 e. The third-order valence-corrected chi connectivity index (χ3v) is 11.7. The Morgan fingerprint density at radius 3 is 1.89 bits per heavy atom. The van der Waals surface area contributed by atoms with Crippen LogP contribution < -0.4 is 0 Å². The summed E-state index contributed by atoms with van der Waals surface area (Å²) in [5.41, 5.74) is 1.11. The molecule has 0 amide bonds. The van der Waals surface area contributed by atoms with Crippen LogP contribution in [0.25, 0.3) is 0 Å². The number of benzene rings is 1. The Morgan fingerprint density at radius 1 is 0.865 bits per heavy atom. The van der Waals surface area contributed by atoms with Gasteiger partial charge in [-0.15, -0.1) is 23.5 Å². The highest BCUT2D eigenvalue weighted by Crippen LogP contribution is 2.34. The molecule has 0 saturated carbocycles. The van der Waals surface area contributed by atoms with E-state index >= 15 is 0 Å². The normalized spacial score (nSPS) is 18.4. The highest BCUT2D eigenvalue weighted by molar-refractivity contribution is 9.10. The lowest BCUT2D eigenvalue weighted by molar-refractivity contribution is -0.122. The number of halogens is 1. The number of hydrogen-bond acceptors (Lipinski definition) is 7. The van der Waals surface area contributed by atoms with Gasteiger partial charge in [0.1, 0.15) is 4.58 Å². The summed E-state index contributed by atoms with van der Waals surface area (Å²) in [6, 6.07) is 8.17. The predicted molar refractivity (Wildman–Crippen MR) is 171 cm³/mol. The third-order valence-electron chi connectivity index (χ3n) is 5.19. The molecule has 5 nitrogen and oxygen atoms in total. The minimum Gasteiger partial charge on any atom is -0.412 e. The van der Waals surface area contributed by atoms with Gasteiger partial charge in [0.05, 0.1) is 31.5 Å². The smallest absolute Gasteiger partial charge is 0.184 e. The molecule has 3 atom stereocenters. The van der Waals surface area contributed by atoms with Crippen LogP contribution in [0.2, 0.25) is 58.9 Å². The van der Waals surface area contributed by atoms with E-state index in [9.17, 15) is 4.79 Å². The third kappa shape index (κ3) is 14.1. The molecule has 0 radical (unpaired) electrons. The Balaban J connectivity index is 2.33. The molecular weight excluding hydrogens is 621 g/mol. The van der Waals surface area contributed by atoms with Crippen LogP contribution in [0.4, 0.5) is 0 Å². The minimum atomic E-state index is -2.01. The fraction of sp³-hybridized carbons (Fsp3) is 0.731. The van der Waals surface area contributed by atoms with Crippen LogP contribution in [0.15, 0.2) is 28.7 Å². The summed E-state index contributed by atoms with van der Waals surface area (Å²) in [6.07, 6.45) is 0.485. The van der Waals surface area contributed by atoms with E-state index in [4.69, 9.17) is 18.0 Å². The maximum atomic E-state index is 13.5. The summed E-state index contributed by atoms with van der Waals surface area (Å²) in [4.78, 5) is 13.5. The van der Waals surface area contributed by atoms with Crippen LogP contribution in [0, 0.1) is 0 Å². The second-order valence-electron chi connectivity index (χ2n) is 12.5. The van der Waals surface area contributed by atoms with Crippen molar-refractivity contribution in [3.05, 3.63) is 34.3 Å². The molecule has 11 heteroatoms. The van der Waals surface area contributed by atoms with Crippen LogP contribution in [-0.4, -0.2) is 71.7 Å². The first-order chi connectivity index (χ1) is 17.0. The van der Waals surface area contributed by atoms with Gasteiger partial charge in [-0.1, -0.05) is 28.1 Å². The van der Waals surface area contributed by atoms with Crippen molar-refractivity contribution in [2.24, 2.45) is 0 Å². The Morgan fingerprint density at radius 2 is 1.38 bits per heavy atom. The van der Waals surface area contributed by atoms with Crippen molar-refractivity contribution in [2.75, 3.05) is 18.1 Å². The molecule has 0 bridgehead atoms. The molecule has 1 aromatic rings. The van der Waals surface area contributed by atoms with E-state index in [1.165, 1.54) is 0 Å². The van der Waals surface area contributed by atoms with Gasteiger partial charge in [-0.25, -0.2) is 0 Å². The molecule has 1 aromatic carbocycles. The zero-order valence-electron chi connectivity index (χ0n) is 24.1. The lowest BCUT2D eigenvalue weighted by Gasteiger charge is -2.42. The van der Waals surface area contributed by atoms with E-state index in [2.05, 4.69) is 87.0 Å². The molecule has 1 aliphatic heterocycles. The summed E-state index contributed by atoms with van der Waals surface area (Å²) in [6.45, 7) is 20.6. The van der Waals surface area contributed by atoms with E-state index in [0.717, 1.165) is 28.0 Å². The van der Waals surface area contributed by atoms with Crippen molar-refractivity contribution in [3.63, 3.8) is 0 Å². The van der Waals surface area contributed by atoms with Gasteiger partial charge in [0.15, 0.2) is 30.7 Å². The summed E-state index contributed by atoms with van der Waals surface area (Å²) < 4.78 is 27.6. The van der Waals surface area contributed by atoms with E-state index in [1.54, 1.807) is 23.5 Å². The molecule has 0 aromatic heterocycles. The predicted octanol–water partition coefficient (Wildman–Crippen LogP) is 7.78. The fourth-order valence-corrected chi connectivity index (χ4v) is 10.4. The van der Waals surface area contributed by atoms with E-state index < -0.39 is 25.0 Å². The number of ketones is 1. The van der Waals surface area contributed by atoms with Gasteiger partial charge in [0.25, 0.3) is 0 Å². The lowest BCUT2D eigenvalue weighted by atomic mass is 10.0. The summed E-state index contributed by atoms with van der Waals surface area (Å²) >= 11 is 7.04. The Labute approximate surface area is 245 Å². The van der Waals surface area contributed by atoms with Gasteiger partial charge in [0, 0.05) is 10.9 Å². The molecule has 0 spiro atoms. The van der Waals surface area contributed by atoms with Crippen molar-refractivity contribution >= 4 is 70.2 Å². The number of hydrogen-bond donors (Lipinski definition) is 0. The molecule has 0 N–H and O–H groups in total. The number of rotatable bonds is 15. The molecule has 2 rings (SSSR count). The average molecular weight is 668 g/mol. The van der Waals surface area contributed by atoms with Gasteiger partial charge in [-0.3, -0.25) is 4.79 Å². The Bertz CT molecular complexity index is 835. The van der Waals surface area contributed by atoms with Crippen molar-refractivity contribution < 1.29 is 22.8 Å². The zero-order chi connectivity index (χ0) is 27.9. The second-order valence-corrected chi connectivity index (χ2v) is 29.5. The first-order valence-corrected chi connectivity index (χ1v) is 26.3. The standard InChI is InChI=1S/C26H47BrO5S2Si3/c1-35(2,3)30-23(17-22(28)26-33-15-10-16-34-26)25(32-37(7,8)9)24(31-36(4,5)6)19-29-18-20-11-13-21(27)14-12-20/h11-14,23-26H,10,15-19H2,1-9H3/t23-,24-,25+/m0/s1. The molecule has 37 heavy (non-hydrogen) atoms. The van der Waals surface area contributed by atoms with Crippen molar-refractivity contribution in [1.82, 2.24) is 0 Å². The number of carbonyl (C=O) groups excluding carboxylic acids is 1. The fourth-order valence-electron chi connectivity index (χ4n) is 3.97. The zero-order valence-corrected chi connectivity index (χ0v) is 30.3. The molecular formula is C26H47BrO5S2Si3. The van der Waals surface area contributed by atoms with E-state index in [-0.39, 0.29) is 28.7 Å². The highest BCUT2D eigenvalue weighted by atomic mass is 79.9. The quantitative estimate of drug-likeness (QED) is 0.177. The van der Waals surface area contributed by atoms with E-state index in [0.29, 0.717) is 19.6 Å². The Kier molecular flexibility index (Phi) is 13.7. The number of thioether (sulfide) groups is 2. The largest absolute Gasteiger partial charge is 0.412 e. The molecule has 1 heterocycles. The first kappa shape index (κ1) is 33.8. The Hall–Kier alpha value is 0.561.